The van der Waals surface area contributed by atoms with Gasteiger partial charge in [0.2, 0.25) is 17.6 Å². The highest BCUT2D eigenvalue weighted by Gasteiger charge is 2.29. The van der Waals surface area contributed by atoms with Gasteiger partial charge >= 0.3 is 0 Å². The molecule has 1 aromatic heterocycles. The zero-order valence-electron chi connectivity index (χ0n) is 17.0. The Bertz CT molecular complexity index is 992. The molecule has 30 heavy (non-hydrogen) atoms. The van der Waals surface area contributed by atoms with Crippen molar-refractivity contribution in [1.82, 2.24) is 19.9 Å². The summed E-state index contributed by atoms with van der Waals surface area (Å²) in [7, 11) is 1.95. The molecule has 2 heterocycles. The summed E-state index contributed by atoms with van der Waals surface area (Å²) in [5, 5.41) is 4.00. The second-order valence-electron chi connectivity index (χ2n) is 7.80. The lowest BCUT2D eigenvalue weighted by Crippen LogP contribution is -2.43. The lowest BCUT2D eigenvalue weighted by Gasteiger charge is -2.32. The molecule has 2 aromatic carbocycles. The fourth-order valence-electron chi connectivity index (χ4n) is 3.83. The van der Waals surface area contributed by atoms with E-state index in [-0.39, 0.29) is 17.6 Å². The van der Waals surface area contributed by atoms with E-state index in [4.69, 9.17) is 4.52 Å². The van der Waals surface area contributed by atoms with Crippen molar-refractivity contribution < 1.29 is 13.7 Å². The number of amides is 1. The van der Waals surface area contributed by atoms with E-state index in [0.29, 0.717) is 30.4 Å². The maximum absolute atomic E-state index is 13.5. The van der Waals surface area contributed by atoms with Crippen LogP contribution in [0.1, 0.15) is 30.2 Å². The Morgan fingerprint density at radius 1 is 1.23 bits per heavy atom. The van der Waals surface area contributed by atoms with Gasteiger partial charge in [-0.3, -0.25) is 9.69 Å². The van der Waals surface area contributed by atoms with E-state index in [0.717, 1.165) is 25.9 Å². The van der Waals surface area contributed by atoms with E-state index in [9.17, 15) is 9.18 Å². The molecule has 6 nitrogen and oxygen atoms in total. The topological polar surface area (TPSA) is 62.5 Å². The number of hydrogen-bond acceptors (Lipinski definition) is 5. The van der Waals surface area contributed by atoms with Crippen LogP contribution in [0.4, 0.5) is 4.39 Å². The molecule has 1 aliphatic heterocycles. The molecule has 3 aromatic rings. The SMILES string of the molecule is CN(CC(=O)N1CCCC(c2nc(-c3cccc(F)c3)no2)C1)Cc1ccccc1. The lowest BCUT2D eigenvalue weighted by molar-refractivity contribution is -0.133. The van der Waals surface area contributed by atoms with Crippen molar-refractivity contribution in [2.24, 2.45) is 0 Å². The first-order chi connectivity index (χ1) is 14.6. The van der Waals surface area contributed by atoms with Crippen LogP contribution in [0.2, 0.25) is 0 Å². The first-order valence-electron chi connectivity index (χ1n) is 10.2. The molecule has 0 N–H and O–H groups in total. The third-order valence-corrected chi connectivity index (χ3v) is 5.35. The van der Waals surface area contributed by atoms with Crippen molar-refractivity contribution in [1.29, 1.82) is 0 Å². The Labute approximate surface area is 175 Å². The van der Waals surface area contributed by atoms with Crippen molar-refractivity contribution >= 4 is 5.91 Å². The number of carbonyl (C=O) groups excluding carboxylic acids is 1. The average molecular weight is 408 g/mol. The van der Waals surface area contributed by atoms with Crippen LogP contribution in [0.15, 0.2) is 59.1 Å². The van der Waals surface area contributed by atoms with Crippen LogP contribution in [-0.4, -0.2) is 52.5 Å². The number of hydrogen-bond donors (Lipinski definition) is 0. The standard InChI is InChI=1S/C23H25FN4O2/c1-27(14-17-7-3-2-4-8-17)16-21(29)28-12-6-10-19(15-28)23-25-22(26-30-23)18-9-5-11-20(24)13-18/h2-5,7-9,11,13,19H,6,10,12,14-16H2,1H3. The summed E-state index contributed by atoms with van der Waals surface area (Å²) < 4.78 is 18.9. The first-order valence-corrected chi connectivity index (χ1v) is 10.2. The van der Waals surface area contributed by atoms with Crippen molar-refractivity contribution in [3.63, 3.8) is 0 Å². The highest BCUT2D eigenvalue weighted by molar-refractivity contribution is 5.78. The van der Waals surface area contributed by atoms with Gasteiger partial charge in [0, 0.05) is 25.2 Å². The van der Waals surface area contributed by atoms with Crippen LogP contribution < -0.4 is 0 Å². The van der Waals surface area contributed by atoms with Crippen LogP contribution in [0.5, 0.6) is 0 Å². The van der Waals surface area contributed by atoms with Gasteiger partial charge in [0.1, 0.15) is 5.82 Å². The largest absolute Gasteiger partial charge is 0.341 e. The Morgan fingerprint density at radius 2 is 2.07 bits per heavy atom. The predicted octanol–water partition coefficient (Wildman–Crippen LogP) is 3.71. The predicted molar refractivity (Wildman–Crippen MR) is 111 cm³/mol. The molecule has 0 bridgehead atoms. The van der Waals surface area contributed by atoms with Crippen molar-refractivity contribution in [3.05, 3.63) is 71.9 Å². The number of aromatic nitrogens is 2. The fourth-order valence-corrected chi connectivity index (χ4v) is 3.83. The molecule has 1 unspecified atom stereocenters. The maximum atomic E-state index is 13.5. The van der Waals surface area contributed by atoms with Gasteiger partial charge in [0.15, 0.2) is 0 Å². The Hall–Kier alpha value is -3.06. The van der Waals surface area contributed by atoms with Gasteiger partial charge in [-0.05, 0) is 37.6 Å². The summed E-state index contributed by atoms with van der Waals surface area (Å²) in [6.45, 7) is 2.38. The minimum Gasteiger partial charge on any atom is -0.341 e. The first kappa shape index (κ1) is 20.2. The zero-order chi connectivity index (χ0) is 20.9. The van der Waals surface area contributed by atoms with E-state index in [1.54, 1.807) is 12.1 Å². The average Bonchev–Trinajstić information content (AvgIpc) is 3.25. The molecule has 0 spiro atoms. The van der Waals surface area contributed by atoms with E-state index in [2.05, 4.69) is 22.3 Å². The Kier molecular flexibility index (Phi) is 6.18. The summed E-state index contributed by atoms with van der Waals surface area (Å²) in [5.41, 5.74) is 1.76. The second-order valence-corrected chi connectivity index (χ2v) is 7.80. The molecular formula is C23H25FN4O2. The number of nitrogens with zero attached hydrogens (tertiary/aromatic N) is 4. The number of benzene rings is 2. The van der Waals surface area contributed by atoms with E-state index >= 15 is 0 Å². The lowest BCUT2D eigenvalue weighted by atomic mass is 9.98. The second kappa shape index (κ2) is 9.17. The van der Waals surface area contributed by atoms with Crippen LogP contribution in [0, 0.1) is 5.82 Å². The Morgan fingerprint density at radius 3 is 2.87 bits per heavy atom. The normalized spacial score (nSPS) is 16.8. The number of carbonyl (C=O) groups is 1. The summed E-state index contributed by atoms with van der Waals surface area (Å²) >= 11 is 0. The molecule has 1 fully saturated rings. The molecule has 1 saturated heterocycles. The van der Waals surface area contributed by atoms with Crippen molar-refractivity contribution in [2.45, 2.75) is 25.3 Å². The minimum absolute atomic E-state index is 0.00283. The molecule has 156 valence electrons. The molecule has 0 aliphatic carbocycles. The highest BCUT2D eigenvalue weighted by Crippen LogP contribution is 2.28. The maximum Gasteiger partial charge on any atom is 0.236 e. The van der Waals surface area contributed by atoms with Gasteiger partial charge in [-0.2, -0.15) is 4.98 Å². The number of halogens is 1. The third kappa shape index (κ3) is 4.91. The van der Waals surface area contributed by atoms with Gasteiger partial charge in [0.05, 0.1) is 12.5 Å². The van der Waals surface area contributed by atoms with Gasteiger partial charge in [0.25, 0.3) is 0 Å². The van der Waals surface area contributed by atoms with Crippen LogP contribution in [0.25, 0.3) is 11.4 Å². The summed E-state index contributed by atoms with van der Waals surface area (Å²) in [6.07, 6.45) is 1.77. The van der Waals surface area contributed by atoms with Gasteiger partial charge in [-0.15, -0.1) is 0 Å². The monoisotopic (exact) mass is 408 g/mol. The molecule has 7 heteroatoms. The molecule has 0 saturated carbocycles. The Balaban J connectivity index is 1.36. The quantitative estimate of drug-likeness (QED) is 0.622. The molecular weight excluding hydrogens is 383 g/mol. The highest BCUT2D eigenvalue weighted by atomic mass is 19.1. The minimum atomic E-state index is -0.340. The van der Waals surface area contributed by atoms with E-state index in [1.165, 1.54) is 17.7 Å². The molecule has 1 amide bonds. The van der Waals surface area contributed by atoms with Crippen LogP contribution in [-0.2, 0) is 11.3 Å². The van der Waals surface area contributed by atoms with Crippen molar-refractivity contribution in [3.8, 4) is 11.4 Å². The summed E-state index contributed by atoms with van der Waals surface area (Å²) in [4.78, 5) is 21.2. The smallest absolute Gasteiger partial charge is 0.236 e. The van der Waals surface area contributed by atoms with Gasteiger partial charge < -0.3 is 9.42 Å². The van der Waals surface area contributed by atoms with Crippen molar-refractivity contribution in [2.75, 3.05) is 26.7 Å². The summed E-state index contributed by atoms with van der Waals surface area (Å²) in [6, 6.07) is 16.2. The van der Waals surface area contributed by atoms with Crippen LogP contribution in [0.3, 0.4) is 0 Å². The number of piperidine rings is 1. The number of likely N-dealkylation sites (N-methyl/N-ethyl adjacent to an activating group) is 1. The molecule has 1 atom stereocenters. The molecule has 1 aliphatic rings. The number of likely N-dealkylation sites (tertiary alicyclic amines) is 1. The van der Waals surface area contributed by atoms with Crippen LogP contribution >= 0.6 is 0 Å². The molecule has 0 radical (unpaired) electrons. The van der Waals surface area contributed by atoms with Gasteiger partial charge in [-0.1, -0.05) is 47.6 Å². The van der Waals surface area contributed by atoms with E-state index < -0.39 is 0 Å². The molecule has 4 rings (SSSR count). The zero-order valence-corrected chi connectivity index (χ0v) is 17.0. The third-order valence-electron chi connectivity index (χ3n) is 5.35. The summed E-state index contributed by atoms with van der Waals surface area (Å²) in [5.74, 6) is 0.632. The van der Waals surface area contributed by atoms with Gasteiger partial charge in [-0.25, -0.2) is 4.39 Å². The fraction of sp³-hybridized carbons (Fsp3) is 0.348. The van der Waals surface area contributed by atoms with E-state index in [1.807, 2.05) is 35.0 Å². The number of rotatable bonds is 6.